The zero-order valence-corrected chi connectivity index (χ0v) is 31.4. The zero-order chi connectivity index (χ0) is 39.1. The summed E-state index contributed by atoms with van der Waals surface area (Å²) >= 11 is 6.02. The number of halogens is 1. The highest BCUT2D eigenvalue weighted by Crippen LogP contribution is 2.16. The van der Waals surface area contributed by atoms with E-state index in [-0.39, 0.29) is 43.6 Å². The predicted molar refractivity (Wildman–Crippen MR) is 206 cm³/mol. The maximum absolute atomic E-state index is 13.9. The van der Waals surface area contributed by atoms with E-state index in [0.717, 1.165) is 11.3 Å². The number of aliphatic imine (C=N–C) groups is 1. The number of primary amides is 1. The molecular formula is C38H52ClN9O5. The lowest BCUT2D eigenvalue weighted by Gasteiger charge is -2.29. The van der Waals surface area contributed by atoms with Crippen LogP contribution in [0, 0.1) is 11.8 Å². The van der Waals surface area contributed by atoms with E-state index in [9.17, 15) is 24.0 Å². The van der Waals surface area contributed by atoms with Crippen LogP contribution in [0.5, 0.6) is 0 Å². The fourth-order valence-electron chi connectivity index (χ4n) is 5.58. The second-order valence-corrected chi connectivity index (χ2v) is 13.9. The molecule has 0 bridgehead atoms. The molecule has 0 unspecified atom stereocenters. The molecule has 3 aromatic rings. The van der Waals surface area contributed by atoms with E-state index in [1.165, 1.54) is 0 Å². The van der Waals surface area contributed by atoms with Crippen LogP contribution in [0.25, 0.3) is 5.69 Å². The molecule has 10 N–H and O–H groups in total. The van der Waals surface area contributed by atoms with Crippen LogP contribution in [-0.2, 0) is 25.6 Å². The second kappa shape index (κ2) is 20.6. The Morgan fingerprint density at radius 3 is 2.04 bits per heavy atom. The predicted octanol–water partition coefficient (Wildman–Crippen LogP) is 2.56. The van der Waals surface area contributed by atoms with Crippen molar-refractivity contribution in [1.82, 2.24) is 25.8 Å². The number of carbonyl (C=O) groups excluding carboxylic acids is 5. The van der Waals surface area contributed by atoms with Gasteiger partial charge in [0.25, 0.3) is 5.91 Å². The first-order valence-electron chi connectivity index (χ1n) is 17.7. The summed E-state index contributed by atoms with van der Waals surface area (Å²) < 4.78 is 1.75. The van der Waals surface area contributed by atoms with Gasteiger partial charge in [0, 0.05) is 36.1 Å². The van der Waals surface area contributed by atoms with Gasteiger partial charge in [-0.2, -0.15) is 0 Å². The van der Waals surface area contributed by atoms with Crippen molar-refractivity contribution in [2.75, 3.05) is 6.54 Å². The van der Waals surface area contributed by atoms with E-state index in [0.29, 0.717) is 23.4 Å². The summed E-state index contributed by atoms with van der Waals surface area (Å²) in [5.41, 5.74) is 18.5. The van der Waals surface area contributed by atoms with Crippen molar-refractivity contribution < 1.29 is 24.0 Å². The third kappa shape index (κ3) is 13.6. The molecule has 0 saturated heterocycles. The zero-order valence-electron chi connectivity index (χ0n) is 30.7. The highest BCUT2D eigenvalue weighted by molar-refractivity contribution is 6.30. The van der Waals surface area contributed by atoms with E-state index in [4.69, 9.17) is 28.8 Å². The van der Waals surface area contributed by atoms with Gasteiger partial charge in [-0.25, -0.2) is 0 Å². The van der Waals surface area contributed by atoms with Crippen molar-refractivity contribution in [2.45, 2.75) is 84.0 Å². The van der Waals surface area contributed by atoms with Crippen LogP contribution in [0.15, 0.2) is 78.0 Å². The Labute approximate surface area is 315 Å². The molecule has 53 heavy (non-hydrogen) atoms. The van der Waals surface area contributed by atoms with Gasteiger partial charge < -0.3 is 43.0 Å². The average molecular weight is 750 g/mol. The van der Waals surface area contributed by atoms with Crippen molar-refractivity contribution in [3.63, 3.8) is 0 Å². The Hall–Kier alpha value is -5.37. The molecule has 14 nitrogen and oxygen atoms in total. The number of aromatic nitrogens is 1. The molecule has 0 aliphatic rings. The first kappa shape index (κ1) is 42.0. The van der Waals surface area contributed by atoms with E-state index in [2.05, 4.69) is 26.3 Å². The second-order valence-electron chi connectivity index (χ2n) is 13.5. The Morgan fingerprint density at radius 2 is 1.43 bits per heavy atom. The van der Waals surface area contributed by atoms with Crippen molar-refractivity contribution in [3.05, 3.63) is 89.2 Å². The number of nitrogens with zero attached hydrogens (tertiary/aromatic N) is 2. The van der Waals surface area contributed by atoms with Crippen molar-refractivity contribution >= 4 is 47.1 Å². The van der Waals surface area contributed by atoms with Crippen molar-refractivity contribution in [3.8, 4) is 5.69 Å². The Kier molecular flexibility index (Phi) is 16.4. The normalized spacial score (nSPS) is 13.8. The molecule has 0 aliphatic heterocycles. The summed E-state index contributed by atoms with van der Waals surface area (Å²) in [5.74, 6) is -3.43. The third-order valence-electron chi connectivity index (χ3n) is 8.72. The highest BCUT2D eigenvalue weighted by atomic mass is 35.5. The molecule has 2 aromatic carbocycles. The Morgan fingerprint density at radius 1 is 0.792 bits per heavy atom. The van der Waals surface area contributed by atoms with Crippen molar-refractivity contribution in [1.29, 1.82) is 0 Å². The lowest BCUT2D eigenvalue weighted by atomic mass is 9.95. The van der Waals surface area contributed by atoms with E-state index < -0.39 is 53.7 Å². The number of nitrogens with two attached hydrogens (primary N) is 3. The number of nitrogens with one attached hydrogen (secondary N) is 4. The van der Waals surface area contributed by atoms with Crippen LogP contribution < -0.4 is 38.5 Å². The molecule has 0 spiro atoms. The van der Waals surface area contributed by atoms with Gasteiger partial charge in [-0.05, 0) is 67.0 Å². The standard InChI is InChI=1S/C38H52ClN9O5/c1-5-24(4)32(37(53)45-30(33(40)49)21-25-10-7-6-8-11-25)47-36(52)31(20-23(2)3)46-35(51)29(12-9-18-43-38(41)42)44-34(50)26-17-19-48(22-26)28-15-13-27(39)14-16-28/h6-8,10-11,13-17,19,22-24,29-32H,5,9,12,18,20-21H2,1-4H3,(H2,40,49)(H,44,50)(H,45,53)(H,46,51)(H,47,52)(H4,41,42,43)/t24-,29-,30-,31-,32-/m0/s1. The summed E-state index contributed by atoms with van der Waals surface area (Å²) in [6.45, 7) is 7.68. The number of rotatable bonds is 20. The first-order chi connectivity index (χ1) is 25.2. The fraction of sp³-hybridized carbons (Fsp3) is 0.421. The van der Waals surface area contributed by atoms with E-state index in [1.807, 2.05) is 51.1 Å². The lowest BCUT2D eigenvalue weighted by Crippen LogP contribution is -2.59. The molecule has 286 valence electrons. The van der Waals surface area contributed by atoms with Crippen LogP contribution in [0.2, 0.25) is 5.02 Å². The minimum Gasteiger partial charge on any atom is -0.370 e. The Balaban J connectivity index is 1.79. The maximum atomic E-state index is 13.9. The Bertz CT molecular complexity index is 1710. The molecule has 0 radical (unpaired) electrons. The first-order valence-corrected chi connectivity index (χ1v) is 18.1. The van der Waals surface area contributed by atoms with E-state index >= 15 is 0 Å². The molecular weight excluding hydrogens is 698 g/mol. The van der Waals surface area contributed by atoms with Gasteiger partial charge in [-0.15, -0.1) is 0 Å². The monoisotopic (exact) mass is 749 g/mol. The number of amides is 5. The lowest BCUT2D eigenvalue weighted by molar-refractivity contribution is -0.134. The van der Waals surface area contributed by atoms with Crippen LogP contribution >= 0.6 is 11.6 Å². The van der Waals surface area contributed by atoms with Gasteiger partial charge in [0.15, 0.2) is 5.96 Å². The molecule has 0 fully saturated rings. The smallest absolute Gasteiger partial charge is 0.253 e. The van der Waals surface area contributed by atoms with Crippen LogP contribution in [0.3, 0.4) is 0 Å². The highest BCUT2D eigenvalue weighted by Gasteiger charge is 2.33. The summed E-state index contributed by atoms with van der Waals surface area (Å²) in [6.07, 6.45) is 4.81. The van der Waals surface area contributed by atoms with Gasteiger partial charge in [0.2, 0.25) is 23.6 Å². The fourth-order valence-corrected chi connectivity index (χ4v) is 5.71. The quantitative estimate of drug-likeness (QED) is 0.0518. The molecule has 5 atom stereocenters. The molecule has 3 rings (SSSR count). The third-order valence-corrected chi connectivity index (χ3v) is 8.97. The largest absolute Gasteiger partial charge is 0.370 e. The van der Waals surface area contributed by atoms with Crippen molar-refractivity contribution in [2.24, 2.45) is 34.0 Å². The van der Waals surface area contributed by atoms with Gasteiger partial charge in [0.05, 0.1) is 5.56 Å². The van der Waals surface area contributed by atoms with Gasteiger partial charge in [-0.1, -0.05) is 76.0 Å². The average Bonchev–Trinajstić information content (AvgIpc) is 3.62. The molecule has 5 amide bonds. The van der Waals surface area contributed by atoms with Gasteiger partial charge >= 0.3 is 0 Å². The van der Waals surface area contributed by atoms with E-state index in [1.54, 1.807) is 54.2 Å². The minimum absolute atomic E-state index is 0.0328. The molecule has 15 heteroatoms. The molecule has 0 saturated carbocycles. The van der Waals surface area contributed by atoms with Gasteiger partial charge in [-0.3, -0.25) is 29.0 Å². The SMILES string of the molecule is CC[C@H](C)[C@H](NC(=O)[C@H](CC(C)C)NC(=O)[C@H](CCCN=C(N)N)NC(=O)c1ccn(-c2ccc(Cl)cc2)c1)C(=O)N[C@@H](Cc1ccccc1)C(N)=O. The van der Waals surface area contributed by atoms with Crippen LogP contribution in [0.1, 0.15) is 69.3 Å². The summed E-state index contributed by atoms with van der Waals surface area (Å²) in [7, 11) is 0. The molecule has 1 heterocycles. The molecule has 1 aromatic heterocycles. The van der Waals surface area contributed by atoms with Crippen LogP contribution in [0.4, 0.5) is 0 Å². The number of hydrogen-bond acceptors (Lipinski definition) is 6. The minimum atomic E-state index is -1.05. The number of carbonyl (C=O) groups is 5. The van der Waals surface area contributed by atoms with Gasteiger partial charge in [0.1, 0.15) is 24.2 Å². The number of hydrogen-bond donors (Lipinski definition) is 7. The molecule has 0 aliphatic carbocycles. The number of benzene rings is 2. The maximum Gasteiger partial charge on any atom is 0.253 e. The topological polar surface area (TPSA) is 229 Å². The summed E-state index contributed by atoms with van der Waals surface area (Å²) in [5, 5.41) is 11.7. The van der Waals surface area contributed by atoms with Crippen LogP contribution in [-0.4, -0.2) is 70.8 Å². The number of guanidine groups is 1. The summed E-state index contributed by atoms with van der Waals surface area (Å²) in [4.78, 5) is 71.1. The summed E-state index contributed by atoms with van der Waals surface area (Å²) in [6, 6.07) is 13.7.